The Kier molecular flexibility index (Phi) is 4.75. The van der Waals surface area contributed by atoms with Crippen molar-refractivity contribution in [2.75, 3.05) is 13.7 Å². The second-order valence-corrected chi connectivity index (χ2v) is 9.54. The van der Waals surface area contributed by atoms with E-state index in [4.69, 9.17) is 9.72 Å². The van der Waals surface area contributed by atoms with E-state index in [1.807, 2.05) is 0 Å². The number of methoxy groups -OCH3 is 1. The van der Waals surface area contributed by atoms with Crippen molar-refractivity contribution in [3.05, 3.63) is 64.7 Å². The SMILES string of the molecule is COc1ccc(S(=O)(=O)N2CCc3nc(-c4ccc(C)cc4)sc3C2)cc1. The molecule has 140 valence electrons. The van der Waals surface area contributed by atoms with Crippen molar-refractivity contribution in [1.82, 2.24) is 9.29 Å². The van der Waals surface area contributed by atoms with Crippen LogP contribution in [0.4, 0.5) is 0 Å². The number of fused-ring (bicyclic) bond motifs is 1. The van der Waals surface area contributed by atoms with Crippen LogP contribution in [0, 0.1) is 6.92 Å². The third-order valence-corrected chi connectivity index (χ3v) is 7.68. The summed E-state index contributed by atoms with van der Waals surface area (Å²) in [6, 6.07) is 14.8. The van der Waals surface area contributed by atoms with Crippen molar-refractivity contribution >= 4 is 21.4 Å². The number of hydrogen-bond acceptors (Lipinski definition) is 5. The number of thiazole rings is 1. The normalized spacial score (nSPS) is 14.7. The molecule has 1 aliphatic rings. The molecule has 0 spiro atoms. The molecule has 27 heavy (non-hydrogen) atoms. The molecule has 0 N–H and O–H groups in total. The second-order valence-electron chi connectivity index (χ2n) is 6.52. The largest absolute Gasteiger partial charge is 0.497 e. The maximum absolute atomic E-state index is 13.0. The van der Waals surface area contributed by atoms with Crippen LogP contribution in [-0.2, 0) is 23.0 Å². The second kappa shape index (κ2) is 7.07. The molecule has 0 saturated carbocycles. The third-order valence-electron chi connectivity index (χ3n) is 4.69. The fraction of sp³-hybridized carbons (Fsp3) is 0.250. The Bertz CT molecular complexity index is 1060. The number of aromatic nitrogens is 1. The minimum Gasteiger partial charge on any atom is -0.497 e. The monoisotopic (exact) mass is 400 g/mol. The molecule has 0 fully saturated rings. The van der Waals surface area contributed by atoms with Gasteiger partial charge in [0.05, 0.1) is 24.2 Å². The number of rotatable bonds is 4. The molecular weight excluding hydrogens is 380 g/mol. The number of aryl methyl sites for hydroxylation is 1. The number of nitrogens with zero attached hydrogens (tertiary/aromatic N) is 2. The molecule has 5 nitrogen and oxygen atoms in total. The van der Waals surface area contributed by atoms with Gasteiger partial charge in [0.15, 0.2) is 0 Å². The van der Waals surface area contributed by atoms with Crippen molar-refractivity contribution < 1.29 is 13.2 Å². The summed E-state index contributed by atoms with van der Waals surface area (Å²) in [7, 11) is -1.97. The summed E-state index contributed by atoms with van der Waals surface area (Å²) in [6.07, 6.45) is 0.632. The fourth-order valence-corrected chi connectivity index (χ4v) is 5.71. The van der Waals surface area contributed by atoms with E-state index in [2.05, 4.69) is 31.2 Å². The first-order valence-electron chi connectivity index (χ1n) is 8.67. The third kappa shape index (κ3) is 3.50. The molecule has 0 saturated heterocycles. The van der Waals surface area contributed by atoms with Crippen LogP contribution in [0.5, 0.6) is 5.75 Å². The van der Waals surface area contributed by atoms with E-state index in [0.717, 1.165) is 21.1 Å². The van der Waals surface area contributed by atoms with Gasteiger partial charge in [0.1, 0.15) is 10.8 Å². The molecule has 0 atom stereocenters. The zero-order valence-electron chi connectivity index (χ0n) is 15.2. The summed E-state index contributed by atoms with van der Waals surface area (Å²) >= 11 is 1.58. The topological polar surface area (TPSA) is 59.5 Å². The van der Waals surface area contributed by atoms with Gasteiger partial charge in [-0.1, -0.05) is 29.8 Å². The van der Waals surface area contributed by atoms with Gasteiger partial charge in [-0.25, -0.2) is 13.4 Å². The minimum atomic E-state index is -3.53. The average molecular weight is 401 g/mol. The van der Waals surface area contributed by atoms with Crippen LogP contribution >= 0.6 is 11.3 Å². The van der Waals surface area contributed by atoms with Crippen LogP contribution in [0.25, 0.3) is 10.6 Å². The van der Waals surface area contributed by atoms with Gasteiger partial charge < -0.3 is 4.74 Å². The van der Waals surface area contributed by atoms with E-state index < -0.39 is 10.0 Å². The van der Waals surface area contributed by atoms with Crippen LogP contribution in [0.2, 0.25) is 0 Å². The lowest BCUT2D eigenvalue weighted by atomic mass is 10.1. The summed E-state index contributed by atoms with van der Waals surface area (Å²) in [4.78, 5) is 6.05. The van der Waals surface area contributed by atoms with Crippen molar-refractivity contribution in [2.24, 2.45) is 0 Å². The molecule has 1 aromatic heterocycles. The van der Waals surface area contributed by atoms with Gasteiger partial charge in [-0.2, -0.15) is 4.31 Å². The molecule has 7 heteroatoms. The summed E-state index contributed by atoms with van der Waals surface area (Å²) in [6.45, 7) is 2.87. The lowest BCUT2D eigenvalue weighted by molar-refractivity contribution is 0.392. The van der Waals surface area contributed by atoms with Crippen LogP contribution < -0.4 is 4.74 Å². The molecule has 0 aliphatic carbocycles. The Morgan fingerprint density at radius 3 is 2.44 bits per heavy atom. The van der Waals surface area contributed by atoms with Gasteiger partial charge in [0, 0.05) is 23.4 Å². The first-order chi connectivity index (χ1) is 13.0. The van der Waals surface area contributed by atoms with E-state index in [9.17, 15) is 8.42 Å². The Hall–Kier alpha value is -2.22. The number of sulfonamides is 1. The smallest absolute Gasteiger partial charge is 0.243 e. The summed E-state index contributed by atoms with van der Waals surface area (Å²) in [5.41, 5.74) is 3.29. The predicted molar refractivity (Wildman–Crippen MR) is 107 cm³/mol. The Labute approximate surface area is 163 Å². The maximum Gasteiger partial charge on any atom is 0.243 e. The average Bonchev–Trinajstić information content (AvgIpc) is 3.12. The van der Waals surface area contributed by atoms with Crippen LogP contribution in [-0.4, -0.2) is 31.4 Å². The highest BCUT2D eigenvalue weighted by Crippen LogP contribution is 2.33. The quantitative estimate of drug-likeness (QED) is 0.667. The zero-order valence-corrected chi connectivity index (χ0v) is 16.8. The number of ether oxygens (including phenoxy) is 1. The first kappa shape index (κ1) is 18.2. The molecule has 0 bridgehead atoms. The van der Waals surface area contributed by atoms with Crippen molar-refractivity contribution in [1.29, 1.82) is 0 Å². The molecule has 3 aromatic rings. The van der Waals surface area contributed by atoms with Gasteiger partial charge in [0.25, 0.3) is 0 Å². The summed E-state index contributed by atoms with van der Waals surface area (Å²) in [5.74, 6) is 0.639. The van der Waals surface area contributed by atoms with E-state index in [1.165, 1.54) is 9.87 Å². The van der Waals surface area contributed by atoms with Crippen molar-refractivity contribution in [3.8, 4) is 16.3 Å². The van der Waals surface area contributed by atoms with Crippen LogP contribution in [0.15, 0.2) is 53.4 Å². The van der Waals surface area contributed by atoms with Crippen molar-refractivity contribution in [2.45, 2.75) is 24.8 Å². The van der Waals surface area contributed by atoms with E-state index in [0.29, 0.717) is 25.3 Å². The van der Waals surface area contributed by atoms with Gasteiger partial charge in [-0.05, 0) is 31.2 Å². The highest BCUT2D eigenvalue weighted by Gasteiger charge is 2.30. The lowest BCUT2D eigenvalue weighted by Gasteiger charge is -2.25. The van der Waals surface area contributed by atoms with Gasteiger partial charge in [-0.3, -0.25) is 0 Å². The van der Waals surface area contributed by atoms with Crippen molar-refractivity contribution in [3.63, 3.8) is 0 Å². The lowest BCUT2D eigenvalue weighted by Crippen LogP contribution is -2.35. The Morgan fingerprint density at radius 2 is 1.78 bits per heavy atom. The van der Waals surface area contributed by atoms with Gasteiger partial charge >= 0.3 is 0 Å². The number of benzene rings is 2. The molecule has 1 aliphatic heterocycles. The summed E-state index contributed by atoms with van der Waals surface area (Å²) < 4.78 is 32.6. The van der Waals surface area contributed by atoms with Crippen LogP contribution in [0.3, 0.4) is 0 Å². The Balaban J connectivity index is 1.59. The van der Waals surface area contributed by atoms with Gasteiger partial charge in [-0.15, -0.1) is 11.3 Å². The molecule has 2 heterocycles. The minimum absolute atomic E-state index is 0.287. The molecule has 4 rings (SSSR count). The first-order valence-corrected chi connectivity index (χ1v) is 10.9. The maximum atomic E-state index is 13.0. The highest BCUT2D eigenvalue weighted by atomic mass is 32.2. The van der Waals surface area contributed by atoms with E-state index in [-0.39, 0.29) is 4.90 Å². The molecular formula is C20H20N2O3S2. The van der Waals surface area contributed by atoms with E-state index in [1.54, 1.807) is 42.7 Å². The highest BCUT2D eigenvalue weighted by molar-refractivity contribution is 7.89. The Morgan fingerprint density at radius 1 is 1.07 bits per heavy atom. The molecule has 0 radical (unpaired) electrons. The number of hydrogen-bond donors (Lipinski definition) is 0. The molecule has 0 unspecified atom stereocenters. The summed E-state index contributed by atoms with van der Waals surface area (Å²) in [5, 5.41) is 0.948. The van der Waals surface area contributed by atoms with Crippen LogP contribution in [0.1, 0.15) is 16.1 Å². The molecule has 0 amide bonds. The standard InChI is InChI=1S/C20H20N2O3S2/c1-14-3-5-15(6-4-14)20-21-18-11-12-22(13-19(18)26-20)27(23,24)17-9-7-16(25-2)8-10-17/h3-10H,11-13H2,1-2H3. The van der Waals surface area contributed by atoms with E-state index >= 15 is 0 Å². The fourth-order valence-electron chi connectivity index (χ4n) is 3.09. The van der Waals surface area contributed by atoms with Gasteiger partial charge in [0.2, 0.25) is 10.0 Å². The predicted octanol–water partition coefficient (Wildman–Crippen LogP) is 3.87. The molecule has 2 aromatic carbocycles. The zero-order chi connectivity index (χ0) is 19.0.